The Morgan fingerprint density at radius 1 is 1.05 bits per heavy atom. The number of H-pyrrole nitrogens is 1. The summed E-state index contributed by atoms with van der Waals surface area (Å²) in [5.41, 5.74) is 3.15. The van der Waals surface area contributed by atoms with Crippen molar-refractivity contribution in [3.05, 3.63) is 88.7 Å². The summed E-state index contributed by atoms with van der Waals surface area (Å²) in [4.78, 5) is 34.2. The van der Waals surface area contributed by atoms with Crippen LogP contribution in [0.1, 0.15) is 5.56 Å². The molecule has 0 aliphatic carbocycles. The number of alkyl halides is 3. The predicted molar refractivity (Wildman–Crippen MR) is 136 cm³/mol. The molecule has 5 rings (SSSR count). The number of aryl methyl sites for hydroxylation is 1. The quantitative estimate of drug-likeness (QED) is 0.216. The first-order chi connectivity index (χ1) is 17.7. The number of nitrogens with zero attached hydrogens (tertiary/aromatic N) is 2. The number of carbonyl (C=O) groups excluding carboxylic acids is 1. The molecular formula is C26H19F3N4O3S. The van der Waals surface area contributed by atoms with Gasteiger partial charge in [0.1, 0.15) is 16.8 Å². The molecule has 2 aromatic heterocycles. The molecule has 5 aromatic rings. The molecule has 11 heteroatoms. The summed E-state index contributed by atoms with van der Waals surface area (Å²) in [7, 11) is 0. The summed E-state index contributed by atoms with van der Waals surface area (Å²) in [6, 6.07) is 19.7. The second-order valence-corrected chi connectivity index (χ2v) is 9.07. The lowest BCUT2D eigenvalue weighted by Gasteiger charge is -2.14. The number of thioether (sulfide) groups is 1. The normalized spacial score (nSPS) is 11.7. The largest absolute Gasteiger partial charge is 0.573 e. The molecule has 0 saturated heterocycles. The number of amides is 1. The average molecular weight is 525 g/mol. The van der Waals surface area contributed by atoms with Crippen LogP contribution in [0, 0.1) is 6.92 Å². The minimum atomic E-state index is -4.80. The number of aromatic nitrogens is 3. The van der Waals surface area contributed by atoms with Crippen molar-refractivity contribution in [2.24, 2.45) is 0 Å². The van der Waals surface area contributed by atoms with Crippen molar-refractivity contribution >= 4 is 45.3 Å². The number of para-hydroxylation sites is 2. The van der Waals surface area contributed by atoms with Crippen LogP contribution in [-0.4, -0.2) is 32.6 Å². The maximum atomic E-state index is 13.6. The highest BCUT2D eigenvalue weighted by molar-refractivity contribution is 7.99. The van der Waals surface area contributed by atoms with E-state index in [1.54, 1.807) is 0 Å². The van der Waals surface area contributed by atoms with Crippen LogP contribution >= 0.6 is 11.8 Å². The zero-order valence-corrected chi connectivity index (χ0v) is 20.1. The van der Waals surface area contributed by atoms with E-state index >= 15 is 0 Å². The number of benzene rings is 3. The Morgan fingerprint density at radius 2 is 1.76 bits per heavy atom. The van der Waals surface area contributed by atoms with Crippen LogP contribution in [0.15, 0.2) is 82.7 Å². The van der Waals surface area contributed by atoms with E-state index in [0.29, 0.717) is 27.6 Å². The van der Waals surface area contributed by atoms with Crippen LogP contribution in [0.2, 0.25) is 0 Å². The van der Waals surface area contributed by atoms with Crippen LogP contribution in [-0.2, 0) is 4.79 Å². The maximum absolute atomic E-state index is 13.6. The number of rotatable bonds is 6. The van der Waals surface area contributed by atoms with E-state index in [4.69, 9.17) is 4.98 Å². The molecule has 1 amide bonds. The molecule has 0 saturated carbocycles. The molecular weight excluding hydrogens is 505 g/mol. The molecule has 0 radical (unpaired) electrons. The van der Waals surface area contributed by atoms with Gasteiger partial charge in [-0.2, -0.15) is 0 Å². The van der Waals surface area contributed by atoms with E-state index in [-0.39, 0.29) is 11.3 Å². The fourth-order valence-electron chi connectivity index (χ4n) is 3.93. The van der Waals surface area contributed by atoms with Gasteiger partial charge in [0.05, 0.1) is 11.4 Å². The summed E-state index contributed by atoms with van der Waals surface area (Å²) in [5, 5.41) is 3.76. The highest BCUT2D eigenvalue weighted by Crippen LogP contribution is 2.28. The van der Waals surface area contributed by atoms with E-state index in [1.165, 1.54) is 16.7 Å². The first kappa shape index (κ1) is 24.4. The van der Waals surface area contributed by atoms with E-state index in [0.717, 1.165) is 40.4 Å². The summed E-state index contributed by atoms with van der Waals surface area (Å²) in [5.74, 6) is -0.898. The molecule has 188 valence electrons. The van der Waals surface area contributed by atoms with Crippen LogP contribution < -0.4 is 15.6 Å². The van der Waals surface area contributed by atoms with Gasteiger partial charge in [0.25, 0.3) is 5.56 Å². The summed E-state index contributed by atoms with van der Waals surface area (Å²) < 4.78 is 42.4. The molecule has 2 heterocycles. The van der Waals surface area contributed by atoms with Crippen LogP contribution in [0.4, 0.5) is 18.9 Å². The summed E-state index contributed by atoms with van der Waals surface area (Å²) in [6.45, 7) is 1.88. The second kappa shape index (κ2) is 9.66. The Labute approximate surface area is 212 Å². The third-order valence-corrected chi connectivity index (χ3v) is 6.49. The SMILES string of the molecule is Cc1ccccc1-n1c(SCC(=O)Nc2ccc(OC(F)(F)F)cc2)nc2c([nH]c3ccccc32)c1=O. The molecule has 0 spiro atoms. The van der Waals surface area contributed by atoms with Crippen molar-refractivity contribution in [2.75, 3.05) is 11.1 Å². The number of nitrogens with one attached hydrogen (secondary N) is 2. The summed E-state index contributed by atoms with van der Waals surface area (Å²) >= 11 is 1.08. The van der Waals surface area contributed by atoms with Gasteiger partial charge >= 0.3 is 6.36 Å². The number of fused-ring (bicyclic) bond motifs is 3. The van der Waals surface area contributed by atoms with E-state index in [2.05, 4.69) is 15.0 Å². The lowest BCUT2D eigenvalue weighted by atomic mass is 10.2. The van der Waals surface area contributed by atoms with Gasteiger partial charge in [-0.25, -0.2) is 4.98 Å². The van der Waals surface area contributed by atoms with Gasteiger partial charge in [-0.1, -0.05) is 48.2 Å². The van der Waals surface area contributed by atoms with Gasteiger partial charge in [-0.15, -0.1) is 13.2 Å². The van der Waals surface area contributed by atoms with Crippen LogP contribution in [0.5, 0.6) is 5.75 Å². The van der Waals surface area contributed by atoms with Crippen molar-refractivity contribution < 1.29 is 22.7 Å². The minimum Gasteiger partial charge on any atom is -0.406 e. The first-order valence-corrected chi connectivity index (χ1v) is 12.1. The lowest BCUT2D eigenvalue weighted by Crippen LogP contribution is -2.23. The molecule has 0 atom stereocenters. The third-order valence-electron chi connectivity index (χ3n) is 5.55. The molecule has 0 aliphatic rings. The van der Waals surface area contributed by atoms with E-state index in [1.807, 2.05) is 55.5 Å². The monoisotopic (exact) mass is 524 g/mol. The number of anilines is 1. The second-order valence-electron chi connectivity index (χ2n) is 8.12. The Kier molecular flexibility index (Phi) is 6.38. The van der Waals surface area contributed by atoms with Gasteiger partial charge in [-0.05, 0) is 48.9 Å². The van der Waals surface area contributed by atoms with Gasteiger partial charge in [-0.3, -0.25) is 14.2 Å². The predicted octanol–water partition coefficient (Wildman–Crippen LogP) is 5.80. The number of halogens is 3. The van der Waals surface area contributed by atoms with Crippen molar-refractivity contribution in [2.45, 2.75) is 18.4 Å². The number of hydrogen-bond donors (Lipinski definition) is 2. The highest BCUT2D eigenvalue weighted by Gasteiger charge is 2.31. The standard InChI is InChI=1S/C26H19F3N4O3S/c1-15-6-2-5-9-20(15)33-24(35)23-22(18-7-3-4-8-19(18)31-23)32-25(33)37-14-21(34)30-16-10-12-17(13-11-16)36-26(27,28)29/h2-13,31H,14H2,1H3,(H,30,34). The molecule has 0 aliphatic heterocycles. The smallest absolute Gasteiger partial charge is 0.406 e. The van der Waals surface area contributed by atoms with Gasteiger partial charge in [0.2, 0.25) is 5.91 Å². The zero-order chi connectivity index (χ0) is 26.2. The summed E-state index contributed by atoms with van der Waals surface area (Å²) in [6.07, 6.45) is -4.80. The Morgan fingerprint density at radius 3 is 2.49 bits per heavy atom. The van der Waals surface area contributed by atoms with Crippen molar-refractivity contribution in [3.8, 4) is 11.4 Å². The molecule has 7 nitrogen and oxygen atoms in total. The molecule has 3 aromatic carbocycles. The lowest BCUT2D eigenvalue weighted by molar-refractivity contribution is -0.274. The Hall–Kier alpha value is -4.25. The zero-order valence-electron chi connectivity index (χ0n) is 19.3. The van der Waals surface area contributed by atoms with Crippen LogP contribution in [0.25, 0.3) is 27.6 Å². The molecule has 0 bridgehead atoms. The number of hydrogen-bond acceptors (Lipinski definition) is 5. The molecule has 0 unspecified atom stereocenters. The fourth-order valence-corrected chi connectivity index (χ4v) is 4.73. The van der Waals surface area contributed by atoms with E-state index in [9.17, 15) is 22.8 Å². The first-order valence-electron chi connectivity index (χ1n) is 11.1. The van der Waals surface area contributed by atoms with Crippen molar-refractivity contribution in [1.29, 1.82) is 0 Å². The number of carbonyl (C=O) groups is 1. The van der Waals surface area contributed by atoms with E-state index < -0.39 is 18.0 Å². The van der Waals surface area contributed by atoms with Crippen LogP contribution in [0.3, 0.4) is 0 Å². The molecule has 0 fully saturated rings. The fraction of sp³-hybridized carbons (Fsp3) is 0.115. The third kappa shape index (κ3) is 5.17. The van der Waals surface area contributed by atoms with Gasteiger partial charge in [0, 0.05) is 16.6 Å². The number of ether oxygens (including phenoxy) is 1. The van der Waals surface area contributed by atoms with Crippen molar-refractivity contribution in [3.63, 3.8) is 0 Å². The molecule has 2 N–H and O–H groups in total. The van der Waals surface area contributed by atoms with Crippen molar-refractivity contribution in [1.82, 2.24) is 14.5 Å². The highest BCUT2D eigenvalue weighted by atomic mass is 32.2. The topological polar surface area (TPSA) is 89.0 Å². The van der Waals surface area contributed by atoms with Gasteiger partial charge in [0.15, 0.2) is 5.16 Å². The maximum Gasteiger partial charge on any atom is 0.573 e. The number of aromatic amines is 1. The Bertz CT molecular complexity index is 1680. The van der Waals surface area contributed by atoms with Gasteiger partial charge < -0.3 is 15.0 Å². The molecule has 37 heavy (non-hydrogen) atoms. The minimum absolute atomic E-state index is 0.0903. The average Bonchev–Trinajstić information content (AvgIpc) is 3.23. The Balaban J connectivity index is 1.45.